The first-order valence-electron chi connectivity index (χ1n) is 8.19. The predicted molar refractivity (Wildman–Crippen MR) is 85.9 cm³/mol. The van der Waals surface area contributed by atoms with Gasteiger partial charge in [0.25, 0.3) is 0 Å². The maximum absolute atomic E-state index is 12.4. The standard InChI is InChI=1S/C18H22ClNO2/c1-18-8-7-14-13-6-4-12(22-2)9-11(13)3-5-15(14)16(18)10-20(19)17(18)21/h4,6,9,14-16H,3,5,7-8,10H2,1-2H3/t14-,15-,16+,18+/m1/s1. The van der Waals surface area contributed by atoms with Gasteiger partial charge in [-0.15, -0.1) is 0 Å². The van der Waals surface area contributed by atoms with E-state index in [1.807, 2.05) is 0 Å². The van der Waals surface area contributed by atoms with Gasteiger partial charge in [-0.1, -0.05) is 13.0 Å². The normalized spacial score (nSPS) is 36.6. The number of nitrogens with zero attached hydrogens (tertiary/aromatic N) is 1. The Kier molecular flexibility index (Phi) is 3.19. The number of halogens is 1. The molecule has 0 N–H and O–H groups in total. The van der Waals surface area contributed by atoms with Gasteiger partial charge >= 0.3 is 0 Å². The topological polar surface area (TPSA) is 29.5 Å². The molecule has 0 spiro atoms. The number of amides is 1. The van der Waals surface area contributed by atoms with Crippen molar-refractivity contribution in [1.82, 2.24) is 4.42 Å². The molecule has 1 saturated carbocycles. The minimum atomic E-state index is -0.243. The lowest BCUT2D eigenvalue weighted by Crippen LogP contribution is -2.43. The van der Waals surface area contributed by atoms with E-state index >= 15 is 0 Å². The van der Waals surface area contributed by atoms with Crippen LogP contribution in [0.25, 0.3) is 0 Å². The lowest BCUT2D eigenvalue weighted by Gasteiger charge is -2.47. The third-order valence-electron chi connectivity index (χ3n) is 6.39. The summed E-state index contributed by atoms with van der Waals surface area (Å²) in [5.74, 6) is 2.63. The fourth-order valence-electron chi connectivity index (χ4n) is 5.14. The maximum atomic E-state index is 12.4. The Morgan fingerprint density at radius 1 is 1.36 bits per heavy atom. The van der Waals surface area contributed by atoms with E-state index < -0.39 is 0 Å². The number of rotatable bonds is 1. The van der Waals surface area contributed by atoms with E-state index in [4.69, 9.17) is 16.5 Å². The summed E-state index contributed by atoms with van der Waals surface area (Å²) in [6.07, 6.45) is 4.28. The van der Waals surface area contributed by atoms with Crippen LogP contribution in [0, 0.1) is 17.3 Å². The van der Waals surface area contributed by atoms with E-state index in [1.54, 1.807) is 7.11 Å². The zero-order valence-corrected chi connectivity index (χ0v) is 13.9. The highest BCUT2D eigenvalue weighted by molar-refractivity contribution is 6.22. The first kappa shape index (κ1) is 14.4. The van der Waals surface area contributed by atoms with Crippen molar-refractivity contribution in [3.05, 3.63) is 29.3 Å². The van der Waals surface area contributed by atoms with Gasteiger partial charge in [0.1, 0.15) is 5.75 Å². The van der Waals surface area contributed by atoms with E-state index in [9.17, 15) is 4.79 Å². The molecule has 1 amide bonds. The highest BCUT2D eigenvalue weighted by Gasteiger charge is 2.57. The maximum Gasteiger partial charge on any atom is 0.243 e. The smallest absolute Gasteiger partial charge is 0.243 e. The Labute approximate surface area is 136 Å². The van der Waals surface area contributed by atoms with Gasteiger partial charge in [-0.3, -0.25) is 9.21 Å². The molecule has 0 unspecified atom stereocenters. The molecule has 4 heteroatoms. The minimum absolute atomic E-state index is 0.137. The summed E-state index contributed by atoms with van der Waals surface area (Å²) < 4.78 is 6.80. The van der Waals surface area contributed by atoms with Gasteiger partial charge in [0.05, 0.1) is 12.5 Å². The third kappa shape index (κ3) is 1.84. The molecule has 22 heavy (non-hydrogen) atoms. The van der Waals surface area contributed by atoms with Gasteiger partial charge in [0.15, 0.2) is 0 Å². The molecule has 0 bridgehead atoms. The van der Waals surface area contributed by atoms with Gasteiger partial charge in [-0.05, 0) is 66.7 Å². The van der Waals surface area contributed by atoms with E-state index in [1.165, 1.54) is 15.5 Å². The van der Waals surface area contributed by atoms with E-state index in [-0.39, 0.29) is 11.3 Å². The van der Waals surface area contributed by atoms with E-state index in [2.05, 4.69) is 25.1 Å². The average molecular weight is 320 g/mol. The summed E-state index contributed by atoms with van der Waals surface area (Å²) in [7, 11) is 1.72. The number of methoxy groups -OCH3 is 1. The van der Waals surface area contributed by atoms with Gasteiger partial charge in [-0.2, -0.15) is 0 Å². The van der Waals surface area contributed by atoms with Crippen LogP contribution < -0.4 is 4.74 Å². The fourth-order valence-corrected chi connectivity index (χ4v) is 5.48. The Bertz CT molecular complexity index is 632. The molecular formula is C18H22ClNO2. The number of hydrogen-bond acceptors (Lipinski definition) is 2. The van der Waals surface area contributed by atoms with Crippen LogP contribution in [0.3, 0.4) is 0 Å². The van der Waals surface area contributed by atoms with Crippen molar-refractivity contribution in [2.75, 3.05) is 13.7 Å². The summed E-state index contributed by atoms with van der Waals surface area (Å²) in [6.45, 7) is 2.84. The molecule has 118 valence electrons. The van der Waals surface area contributed by atoms with Crippen LogP contribution in [0.2, 0.25) is 0 Å². The zero-order chi connectivity index (χ0) is 15.5. The lowest BCUT2D eigenvalue weighted by molar-refractivity contribution is -0.134. The van der Waals surface area contributed by atoms with Crippen molar-refractivity contribution in [1.29, 1.82) is 0 Å². The molecule has 4 rings (SSSR count). The Balaban J connectivity index is 1.70. The SMILES string of the molecule is COc1ccc2c(c1)CC[C@@H]1[C@@H]2CC[C@]2(C)C(=O)N(Cl)C[C@@H]12. The number of carbonyl (C=O) groups is 1. The first-order valence-corrected chi connectivity index (χ1v) is 8.53. The summed E-state index contributed by atoms with van der Waals surface area (Å²) in [5.41, 5.74) is 2.66. The Morgan fingerprint density at radius 3 is 2.95 bits per heavy atom. The van der Waals surface area contributed by atoms with Crippen LogP contribution in [0.5, 0.6) is 5.75 Å². The molecule has 4 atom stereocenters. The number of hydrogen-bond donors (Lipinski definition) is 0. The fraction of sp³-hybridized carbons (Fsp3) is 0.611. The second kappa shape index (κ2) is 4.89. The molecular weight excluding hydrogens is 298 g/mol. The minimum Gasteiger partial charge on any atom is -0.497 e. The Morgan fingerprint density at radius 2 is 2.18 bits per heavy atom. The largest absolute Gasteiger partial charge is 0.497 e. The highest BCUT2D eigenvalue weighted by atomic mass is 35.5. The molecule has 2 aliphatic carbocycles. The molecule has 2 fully saturated rings. The number of carbonyl (C=O) groups excluding carboxylic acids is 1. The highest BCUT2D eigenvalue weighted by Crippen LogP contribution is 2.58. The molecule has 3 nitrogen and oxygen atoms in total. The van der Waals surface area contributed by atoms with E-state index in [0.29, 0.717) is 24.3 Å². The lowest BCUT2D eigenvalue weighted by atomic mass is 9.55. The molecule has 0 aromatic heterocycles. The van der Waals surface area contributed by atoms with Crippen molar-refractivity contribution >= 4 is 17.7 Å². The van der Waals surface area contributed by atoms with Crippen LogP contribution in [0.15, 0.2) is 18.2 Å². The molecule has 1 heterocycles. The molecule has 1 aliphatic heterocycles. The third-order valence-corrected chi connectivity index (χ3v) is 6.68. The monoisotopic (exact) mass is 319 g/mol. The average Bonchev–Trinajstić information content (AvgIpc) is 2.77. The molecule has 1 saturated heterocycles. The molecule has 0 radical (unpaired) electrons. The molecule has 3 aliphatic rings. The van der Waals surface area contributed by atoms with Crippen molar-refractivity contribution < 1.29 is 9.53 Å². The summed E-state index contributed by atoms with van der Waals surface area (Å²) in [4.78, 5) is 12.4. The number of aryl methyl sites for hydroxylation is 1. The number of benzene rings is 1. The quantitative estimate of drug-likeness (QED) is 0.738. The zero-order valence-electron chi connectivity index (χ0n) is 13.1. The van der Waals surface area contributed by atoms with Crippen LogP contribution in [0.1, 0.15) is 43.2 Å². The van der Waals surface area contributed by atoms with Gasteiger partial charge < -0.3 is 4.74 Å². The van der Waals surface area contributed by atoms with Gasteiger partial charge in [-0.25, -0.2) is 0 Å². The van der Waals surface area contributed by atoms with Crippen molar-refractivity contribution in [3.8, 4) is 5.75 Å². The second-order valence-corrected chi connectivity index (χ2v) is 7.69. The molecule has 1 aromatic carbocycles. The second-order valence-electron chi connectivity index (χ2n) is 7.29. The van der Waals surface area contributed by atoms with Crippen molar-refractivity contribution in [2.45, 2.75) is 38.5 Å². The Hall–Kier alpha value is -1.22. The van der Waals surface area contributed by atoms with Crippen LogP contribution in [-0.2, 0) is 11.2 Å². The predicted octanol–water partition coefficient (Wildman–Crippen LogP) is 3.75. The summed E-state index contributed by atoms with van der Waals surface area (Å²) >= 11 is 6.17. The summed E-state index contributed by atoms with van der Waals surface area (Å²) in [5, 5.41) is 0. The number of fused-ring (bicyclic) bond motifs is 5. The van der Waals surface area contributed by atoms with Gasteiger partial charge in [0, 0.05) is 18.3 Å². The van der Waals surface area contributed by atoms with Gasteiger partial charge in [0.2, 0.25) is 5.91 Å². The summed E-state index contributed by atoms with van der Waals surface area (Å²) in [6, 6.07) is 6.50. The van der Waals surface area contributed by atoms with Crippen LogP contribution in [0.4, 0.5) is 0 Å². The van der Waals surface area contributed by atoms with Crippen molar-refractivity contribution in [2.24, 2.45) is 17.3 Å². The molecule has 1 aromatic rings. The first-order chi connectivity index (χ1) is 10.5. The van der Waals surface area contributed by atoms with Crippen LogP contribution in [-0.4, -0.2) is 24.0 Å². The van der Waals surface area contributed by atoms with E-state index in [0.717, 1.165) is 31.4 Å². The number of ether oxygens (including phenoxy) is 1. The van der Waals surface area contributed by atoms with Crippen molar-refractivity contribution in [3.63, 3.8) is 0 Å². The van der Waals surface area contributed by atoms with Crippen LogP contribution >= 0.6 is 11.8 Å².